The van der Waals surface area contributed by atoms with Gasteiger partial charge in [0, 0.05) is 22.1 Å². The zero-order valence-corrected chi connectivity index (χ0v) is 22.1. The Morgan fingerprint density at radius 3 is 2.44 bits per heavy atom. The van der Waals surface area contributed by atoms with E-state index in [9.17, 15) is 34.8 Å². The standard InChI is InChI=1S/C28H27ClN2O8/c1-31(2)22-16-9-11-8-15-13(14-10-12(29)4-7-18(14)39-3)5-6-17(32)20(15)23(33)19(11)25(35)28(16,38)26(36)21(24(22)34)27(30)37/h4-7,10-11,16,22,32-33,36,38H,8-9H2,1-3H3,(H2,30,37)/t11-,16-,22-,28-/m1/s1. The Kier molecular flexibility index (Phi) is 6.25. The molecule has 0 saturated heterocycles. The molecule has 6 N–H and O–H groups in total. The van der Waals surface area contributed by atoms with Crippen molar-refractivity contribution in [2.75, 3.05) is 21.2 Å². The average molecular weight is 555 g/mol. The fourth-order valence-electron chi connectivity index (χ4n) is 6.39. The summed E-state index contributed by atoms with van der Waals surface area (Å²) in [5.41, 5.74) is 3.30. The van der Waals surface area contributed by atoms with Crippen LogP contribution in [-0.2, 0) is 20.8 Å². The van der Waals surface area contributed by atoms with E-state index < -0.39 is 58.0 Å². The summed E-state index contributed by atoms with van der Waals surface area (Å²) in [6.07, 6.45) is 0.140. The zero-order valence-electron chi connectivity index (χ0n) is 21.4. The highest BCUT2D eigenvalue weighted by atomic mass is 35.5. The second-order valence-electron chi connectivity index (χ2n) is 10.3. The first-order valence-electron chi connectivity index (χ1n) is 12.2. The molecule has 39 heavy (non-hydrogen) atoms. The summed E-state index contributed by atoms with van der Waals surface area (Å²) in [4.78, 5) is 40.7. The number of methoxy groups -OCH3 is 1. The molecule has 0 spiro atoms. The molecule has 3 aliphatic carbocycles. The van der Waals surface area contributed by atoms with Crippen LogP contribution in [0, 0.1) is 11.8 Å². The Morgan fingerprint density at radius 1 is 1.13 bits per heavy atom. The molecule has 5 rings (SSSR count). The number of hydrogen-bond acceptors (Lipinski definition) is 9. The predicted molar refractivity (Wildman–Crippen MR) is 141 cm³/mol. The fraction of sp³-hybridized carbons (Fsp3) is 0.321. The third kappa shape index (κ3) is 3.66. The van der Waals surface area contributed by atoms with Crippen LogP contribution < -0.4 is 10.5 Å². The SMILES string of the molecule is COc1ccc(Cl)cc1-c1ccc(O)c2c1C[C@@H]1C[C@@H]3[C@@H](N(C)C)C(=O)C(C(N)=O)=C(O)[C@]3(O)C(=O)C1=C2O. The van der Waals surface area contributed by atoms with Crippen LogP contribution >= 0.6 is 11.6 Å². The number of ketones is 2. The number of nitrogens with zero attached hydrogens (tertiary/aromatic N) is 1. The summed E-state index contributed by atoms with van der Waals surface area (Å²) in [5.74, 6) is -6.49. The normalized spacial score (nSPS) is 26.4. The maximum Gasteiger partial charge on any atom is 0.255 e. The smallest absolute Gasteiger partial charge is 0.255 e. The average Bonchev–Trinajstić information content (AvgIpc) is 2.86. The van der Waals surface area contributed by atoms with E-state index in [0.717, 1.165) is 0 Å². The molecule has 0 unspecified atom stereocenters. The number of primary amides is 1. The van der Waals surface area contributed by atoms with E-state index in [1.807, 2.05) is 0 Å². The number of halogens is 1. The Labute approximate surface area is 228 Å². The number of hydrogen-bond donors (Lipinski definition) is 5. The topological polar surface area (TPSA) is 171 Å². The van der Waals surface area contributed by atoms with Gasteiger partial charge in [-0.3, -0.25) is 19.3 Å². The molecule has 2 aromatic rings. The summed E-state index contributed by atoms with van der Waals surface area (Å²) in [7, 11) is 4.60. The van der Waals surface area contributed by atoms with Gasteiger partial charge in [0.15, 0.2) is 11.4 Å². The number of benzene rings is 2. The number of aliphatic hydroxyl groups is 3. The van der Waals surface area contributed by atoms with Gasteiger partial charge in [0.05, 0.1) is 18.7 Å². The molecule has 3 aliphatic rings. The first-order valence-corrected chi connectivity index (χ1v) is 12.6. The largest absolute Gasteiger partial charge is 0.508 e. The number of Topliss-reactive ketones (excluding diaryl/α,β-unsaturated/α-hetero) is 2. The summed E-state index contributed by atoms with van der Waals surface area (Å²) in [5, 5.41) is 45.3. The Bertz CT molecular complexity index is 1530. The number of ether oxygens (including phenoxy) is 1. The van der Waals surface area contributed by atoms with Crippen molar-refractivity contribution in [3.8, 4) is 22.6 Å². The monoisotopic (exact) mass is 554 g/mol. The third-order valence-electron chi connectivity index (χ3n) is 8.06. The Balaban J connectivity index is 1.76. The number of phenols is 1. The molecule has 1 fully saturated rings. The van der Waals surface area contributed by atoms with Crippen molar-refractivity contribution >= 4 is 34.8 Å². The van der Waals surface area contributed by atoms with Crippen LogP contribution in [0.1, 0.15) is 17.5 Å². The van der Waals surface area contributed by atoms with Gasteiger partial charge in [-0.05, 0) is 68.2 Å². The highest BCUT2D eigenvalue weighted by Gasteiger charge is 2.64. The Morgan fingerprint density at radius 2 is 1.82 bits per heavy atom. The van der Waals surface area contributed by atoms with Crippen LogP contribution in [0.3, 0.4) is 0 Å². The van der Waals surface area contributed by atoms with Gasteiger partial charge in [-0.25, -0.2) is 0 Å². The van der Waals surface area contributed by atoms with Crippen LogP contribution in [0.4, 0.5) is 0 Å². The van der Waals surface area contributed by atoms with Crippen molar-refractivity contribution in [2.24, 2.45) is 17.6 Å². The lowest BCUT2D eigenvalue weighted by molar-refractivity contribution is -0.153. The minimum Gasteiger partial charge on any atom is -0.508 e. The number of rotatable bonds is 4. The van der Waals surface area contributed by atoms with Crippen molar-refractivity contribution in [3.63, 3.8) is 0 Å². The van der Waals surface area contributed by atoms with Gasteiger partial charge >= 0.3 is 0 Å². The van der Waals surface area contributed by atoms with Crippen LogP contribution in [0.15, 0.2) is 47.2 Å². The van der Waals surface area contributed by atoms with Gasteiger partial charge in [-0.15, -0.1) is 0 Å². The van der Waals surface area contributed by atoms with E-state index >= 15 is 0 Å². The highest BCUT2D eigenvalue weighted by molar-refractivity contribution is 6.31. The molecule has 10 nitrogen and oxygen atoms in total. The van der Waals surface area contributed by atoms with Gasteiger partial charge in [0.25, 0.3) is 5.91 Å². The van der Waals surface area contributed by atoms with E-state index in [2.05, 4.69) is 0 Å². The molecular weight excluding hydrogens is 528 g/mol. The van der Waals surface area contributed by atoms with Crippen molar-refractivity contribution in [2.45, 2.75) is 24.5 Å². The van der Waals surface area contributed by atoms with E-state index in [0.29, 0.717) is 27.5 Å². The molecule has 2 aromatic carbocycles. The summed E-state index contributed by atoms with van der Waals surface area (Å²) in [6.45, 7) is 0. The maximum absolute atomic E-state index is 13.9. The lowest BCUT2D eigenvalue weighted by Crippen LogP contribution is -2.65. The van der Waals surface area contributed by atoms with Crippen LogP contribution in [0.5, 0.6) is 11.5 Å². The van der Waals surface area contributed by atoms with E-state index in [4.69, 9.17) is 22.1 Å². The molecule has 1 saturated carbocycles. The lowest BCUT2D eigenvalue weighted by atomic mass is 9.57. The van der Waals surface area contributed by atoms with Crippen LogP contribution in [-0.4, -0.2) is 75.6 Å². The lowest BCUT2D eigenvalue weighted by Gasteiger charge is -2.50. The molecule has 0 bridgehead atoms. The number of aromatic hydroxyl groups is 1. The molecule has 0 heterocycles. The molecule has 204 valence electrons. The molecule has 0 aromatic heterocycles. The molecule has 11 heteroatoms. The third-order valence-corrected chi connectivity index (χ3v) is 8.29. The molecule has 1 amide bonds. The highest BCUT2D eigenvalue weighted by Crippen LogP contribution is 2.54. The van der Waals surface area contributed by atoms with E-state index in [1.165, 1.54) is 18.1 Å². The number of nitrogens with two attached hydrogens (primary N) is 1. The van der Waals surface area contributed by atoms with Crippen molar-refractivity contribution in [3.05, 3.63) is 63.4 Å². The van der Waals surface area contributed by atoms with Crippen molar-refractivity contribution in [1.82, 2.24) is 4.90 Å². The molecule has 4 atom stereocenters. The van der Waals surface area contributed by atoms with Crippen LogP contribution in [0.25, 0.3) is 16.9 Å². The summed E-state index contributed by atoms with van der Waals surface area (Å²) < 4.78 is 5.51. The van der Waals surface area contributed by atoms with Crippen molar-refractivity contribution in [1.29, 1.82) is 0 Å². The maximum atomic E-state index is 13.9. The van der Waals surface area contributed by atoms with Gasteiger partial charge in [0.2, 0.25) is 5.78 Å². The quantitative estimate of drug-likeness (QED) is 0.356. The summed E-state index contributed by atoms with van der Waals surface area (Å²) in [6, 6.07) is 6.90. The molecule has 0 radical (unpaired) electrons. The zero-order chi connectivity index (χ0) is 28.5. The summed E-state index contributed by atoms with van der Waals surface area (Å²) >= 11 is 6.26. The molecule has 0 aliphatic heterocycles. The van der Waals surface area contributed by atoms with Crippen LogP contribution in [0.2, 0.25) is 5.02 Å². The number of carbonyl (C=O) groups is 3. The first-order chi connectivity index (χ1) is 18.3. The van der Waals surface area contributed by atoms with Crippen molar-refractivity contribution < 1.29 is 39.5 Å². The number of likely N-dealkylation sites (N-methyl/N-ethyl adjacent to an activating group) is 1. The van der Waals surface area contributed by atoms with Gasteiger partial charge < -0.3 is 30.9 Å². The van der Waals surface area contributed by atoms with Gasteiger partial charge in [0.1, 0.15) is 28.6 Å². The van der Waals surface area contributed by atoms with E-state index in [1.54, 1.807) is 38.4 Å². The second-order valence-corrected chi connectivity index (χ2v) is 10.7. The fourth-order valence-corrected chi connectivity index (χ4v) is 6.56. The van der Waals surface area contributed by atoms with Gasteiger partial charge in [-0.2, -0.15) is 0 Å². The number of phenolic OH excluding ortho intramolecular Hbond substituents is 1. The predicted octanol–water partition coefficient (Wildman–Crippen LogP) is 2.29. The van der Waals surface area contributed by atoms with E-state index in [-0.39, 0.29) is 29.7 Å². The number of aliphatic hydroxyl groups excluding tert-OH is 2. The first kappa shape index (κ1) is 26.7. The molecular formula is C28H27ClN2O8. The second kappa shape index (κ2) is 9.11. The minimum absolute atomic E-state index is 0.00641. The number of amides is 1. The number of carbonyl (C=O) groups excluding carboxylic acids is 3. The minimum atomic E-state index is -2.69. The Hall–Kier alpha value is -3.86. The number of fused-ring (bicyclic) bond motifs is 3. The van der Waals surface area contributed by atoms with Gasteiger partial charge in [-0.1, -0.05) is 17.7 Å².